The van der Waals surface area contributed by atoms with Crippen LogP contribution in [0.2, 0.25) is 5.02 Å². The standard InChI is InChI=1S/C25H23ClF3N3O3/c1-14-9-21(22(26)24(33)32(14)23-19(28)3-2-4-20(23)29)35-13-16-7-8-18(27)10-17(16)12-31-25(34)30-11-15-5-6-15/h2-4,7-10,15H,5-6,11-13H2,1H3,(H2,30,31,34). The molecule has 3 aromatic rings. The lowest BCUT2D eigenvalue weighted by molar-refractivity contribution is 0.240. The third-order valence-electron chi connectivity index (χ3n) is 5.70. The van der Waals surface area contributed by atoms with E-state index in [1.54, 1.807) is 0 Å². The molecule has 1 fully saturated rings. The van der Waals surface area contributed by atoms with Gasteiger partial charge < -0.3 is 15.4 Å². The quantitative estimate of drug-likeness (QED) is 0.452. The Morgan fingerprint density at radius 1 is 1.09 bits per heavy atom. The number of carbonyl (C=O) groups is 1. The molecule has 1 aromatic heterocycles. The minimum atomic E-state index is -0.912. The Morgan fingerprint density at radius 3 is 2.49 bits per heavy atom. The zero-order valence-electron chi connectivity index (χ0n) is 18.8. The summed E-state index contributed by atoms with van der Waals surface area (Å²) >= 11 is 6.20. The van der Waals surface area contributed by atoms with E-state index in [-0.39, 0.29) is 35.6 Å². The molecule has 6 nitrogen and oxygen atoms in total. The number of nitrogens with zero attached hydrogens (tertiary/aromatic N) is 1. The highest BCUT2D eigenvalue weighted by molar-refractivity contribution is 6.31. The van der Waals surface area contributed by atoms with Gasteiger partial charge in [0.2, 0.25) is 0 Å². The summed E-state index contributed by atoms with van der Waals surface area (Å²) in [5.41, 5.74) is -0.130. The third kappa shape index (κ3) is 5.79. The molecule has 2 amide bonds. The van der Waals surface area contributed by atoms with Gasteiger partial charge >= 0.3 is 6.03 Å². The molecular weight excluding hydrogens is 483 g/mol. The van der Waals surface area contributed by atoms with Gasteiger partial charge in [0.25, 0.3) is 5.56 Å². The van der Waals surface area contributed by atoms with E-state index < -0.39 is 28.7 Å². The molecule has 184 valence electrons. The second-order valence-corrected chi connectivity index (χ2v) is 8.76. The van der Waals surface area contributed by atoms with Gasteiger partial charge in [-0.05, 0) is 61.1 Å². The normalized spacial score (nSPS) is 12.9. The molecule has 0 aliphatic heterocycles. The van der Waals surface area contributed by atoms with Gasteiger partial charge in [-0.2, -0.15) is 0 Å². The van der Waals surface area contributed by atoms with Crippen molar-refractivity contribution in [2.75, 3.05) is 6.54 Å². The molecule has 35 heavy (non-hydrogen) atoms. The highest BCUT2D eigenvalue weighted by Gasteiger charge is 2.22. The number of hydrogen-bond donors (Lipinski definition) is 2. The van der Waals surface area contributed by atoms with Crippen molar-refractivity contribution in [1.82, 2.24) is 15.2 Å². The number of amides is 2. The SMILES string of the molecule is Cc1cc(OCc2ccc(F)cc2CNC(=O)NCC2CC2)c(Cl)c(=O)n1-c1c(F)cccc1F. The highest BCUT2D eigenvalue weighted by Crippen LogP contribution is 2.28. The summed E-state index contributed by atoms with van der Waals surface area (Å²) < 4.78 is 48.9. The average Bonchev–Trinajstić information content (AvgIpc) is 3.65. The number of halogens is 4. The first kappa shape index (κ1) is 24.7. The third-order valence-corrected chi connectivity index (χ3v) is 6.05. The molecule has 10 heteroatoms. The van der Waals surface area contributed by atoms with E-state index in [1.807, 2.05) is 0 Å². The van der Waals surface area contributed by atoms with E-state index >= 15 is 0 Å². The van der Waals surface area contributed by atoms with Gasteiger partial charge in [0, 0.05) is 24.8 Å². The van der Waals surface area contributed by atoms with E-state index in [2.05, 4.69) is 10.6 Å². The summed E-state index contributed by atoms with van der Waals surface area (Å²) in [4.78, 5) is 24.8. The van der Waals surface area contributed by atoms with E-state index in [9.17, 15) is 22.8 Å². The largest absolute Gasteiger partial charge is 0.487 e. The fourth-order valence-electron chi connectivity index (χ4n) is 3.62. The van der Waals surface area contributed by atoms with Crippen LogP contribution < -0.4 is 20.9 Å². The number of nitrogens with one attached hydrogen (secondary N) is 2. The van der Waals surface area contributed by atoms with Crippen molar-refractivity contribution < 1.29 is 22.7 Å². The minimum Gasteiger partial charge on any atom is -0.487 e. The van der Waals surface area contributed by atoms with Crippen LogP contribution in [0, 0.1) is 30.3 Å². The Hall–Kier alpha value is -3.46. The van der Waals surface area contributed by atoms with Crippen molar-refractivity contribution in [2.45, 2.75) is 32.9 Å². The van der Waals surface area contributed by atoms with Crippen LogP contribution in [0.3, 0.4) is 0 Å². The number of pyridine rings is 1. The molecule has 0 unspecified atom stereocenters. The topological polar surface area (TPSA) is 72.4 Å². The summed E-state index contributed by atoms with van der Waals surface area (Å²) in [5, 5.41) is 5.10. The van der Waals surface area contributed by atoms with Crippen molar-refractivity contribution >= 4 is 17.6 Å². The number of aromatic nitrogens is 1. The van der Waals surface area contributed by atoms with Crippen molar-refractivity contribution in [3.63, 3.8) is 0 Å². The van der Waals surface area contributed by atoms with Gasteiger partial charge in [0.1, 0.15) is 40.5 Å². The molecule has 1 saturated carbocycles. The van der Waals surface area contributed by atoms with Crippen LogP contribution in [-0.2, 0) is 13.2 Å². The molecular formula is C25H23ClF3N3O3. The maximum atomic E-state index is 14.3. The summed E-state index contributed by atoms with van der Waals surface area (Å²) in [6.45, 7) is 2.07. The highest BCUT2D eigenvalue weighted by atomic mass is 35.5. The summed E-state index contributed by atoms with van der Waals surface area (Å²) in [6.07, 6.45) is 2.21. The van der Waals surface area contributed by atoms with Crippen molar-refractivity contribution in [3.8, 4) is 11.4 Å². The number of aryl methyl sites for hydroxylation is 1. The summed E-state index contributed by atoms with van der Waals surface area (Å²) in [7, 11) is 0. The number of benzene rings is 2. The Balaban J connectivity index is 1.51. The molecule has 4 rings (SSSR count). The molecule has 0 saturated heterocycles. The van der Waals surface area contributed by atoms with Crippen molar-refractivity contribution in [1.29, 1.82) is 0 Å². The number of urea groups is 1. The number of ether oxygens (including phenoxy) is 1. The molecule has 0 bridgehead atoms. The van der Waals surface area contributed by atoms with Crippen LogP contribution >= 0.6 is 11.6 Å². The Bertz CT molecular complexity index is 1310. The van der Waals surface area contributed by atoms with Gasteiger partial charge in [-0.3, -0.25) is 9.36 Å². The predicted octanol–water partition coefficient (Wildman–Crippen LogP) is 5.00. The number of hydrogen-bond acceptors (Lipinski definition) is 3. The van der Waals surface area contributed by atoms with E-state index in [4.69, 9.17) is 16.3 Å². The van der Waals surface area contributed by atoms with Crippen LogP contribution in [0.4, 0.5) is 18.0 Å². The lowest BCUT2D eigenvalue weighted by Crippen LogP contribution is -2.36. The summed E-state index contributed by atoms with van der Waals surface area (Å²) in [6, 6.07) is 8.35. The van der Waals surface area contributed by atoms with E-state index in [1.165, 1.54) is 37.3 Å². The second kappa shape index (κ2) is 10.4. The van der Waals surface area contributed by atoms with Crippen LogP contribution in [0.15, 0.2) is 47.3 Å². The fraction of sp³-hybridized carbons (Fsp3) is 0.280. The molecule has 0 atom stereocenters. The van der Waals surface area contributed by atoms with Crippen LogP contribution in [0.1, 0.15) is 29.7 Å². The van der Waals surface area contributed by atoms with Gasteiger partial charge in [0.15, 0.2) is 0 Å². The average molecular weight is 506 g/mol. The number of para-hydroxylation sites is 1. The van der Waals surface area contributed by atoms with Gasteiger partial charge in [-0.25, -0.2) is 18.0 Å². The first-order valence-electron chi connectivity index (χ1n) is 11.0. The zero-order valence-corrected chi connectivity index (χ0v) is 19.6. The van der Waals surface area contributed by atoms with Gasteiger partial charge in [-0.1, -0.05) is 23.7 Å². The fourth-order valence-corrected chi connectivity index (χ4v) is 3.81. The molecule has 1 aliphatic carbocycles. The number of carbonyl (C=O) groups excluding carboxylic acids is 1. The lowest BCUT2D eigenvalue weighted by atomic mass is 10.1. The molecule has 2 N–H and O–H groups in total. The maximum Gasteiger partial charge on any atom is 0.315 e. The molecule has 2 aromatic carbocycles. The zero-order chi connectivity index (χ0) is 25.1. The lowest BCUT2D eigenvalue weighted by Gasteiger charge is -2.16. The molecule has 0 spiro atoms. The van der Waals surface area contributed by atoms with Crippen molar-refractivity contribution in [3.05, 3.63) is 92.1 Å². The summed E-state index contributed by atoms with van der Waals surface area (Å²) in [5.74, 6) is -1.77. The molecule has 1 heterocycles. The first-order valence-corrected chi connectivity index (χ1v) is 11.4. The second-order valence-electron chi connectivity index (χ2n) is 8.38. The van der Waals surface area contributed by atoms with Crippen LogP contribution in [-0.4, -0.2) is 17.1 Å². The maximum absolute atomic E-state index is 14.3. The van der Waals surface area contributed by atoms with Gasteiger partial charge in [0.05, 0.1) is 0 Å². The smallest absolute Gasteiger partial charge is 0.315 e. The Labute approximate surface area is 204 Å². The van der Waals surface area contributed by atoms with Crippen LogP contribution in [0.25, 0.3) is 5.69 Å². The monoisotopic (exact) mass is 505 g/mol. The molecule has 0 radical (unpaired) electrons. The van der Waals surface area contributed by atoms with Crippen molar-refractivity contribution in [2.24, 2.45) is 5.92 Å². The number of rotatable bonds is 8. The molecule has 1 aliphatic rings. The predicted molar refractivity (Wildman–Crippen MR) is 125 cm³/mol. The first-order chi connectivity index (χ1) is 16.7. The Kier molecular flexibility index (Phi) is 7.35. The van der Waals surface area contributed by atoms with Crippen LogP contribution in [0.5, 0.6) is 5.75 Å². The van der Waals surface area contributed by atoms with Gasteiger partial charge in [-0.15, -0.1) is 0 Å². The van der Waals surface area contributed by atoms with E-state index in [0.717, 1.165) is 29.5 Å². The Morgan fingerprint density at radius 2 is 1.80 bits per heavy atom. The van der Waals surface area contributed by atoms with E-state index in [0.29, 0.717) is 23.6 Å². The minimum absolute atomic E-state index is 0.00701.